The average Bonchev–Trinajstić information content (AvgIpc) is 3.15. The molecule has 0 bridgehead atoms. The molecule has 0 saturated heterocycles. The molecule has 0 saturated carbocycles. The smallest absolute Gasteiger partial charge is 0.257 e. The molecular formula is C20H14ClFN4O2. The second-order valence-corrected chi connectivity index (χ2v) is 6.48. The van der Waals surface area contributed by atoms with E-state index in [4.69, 9.17) is 11.6 Å². The molecule has 8 heteroatoms. The van der Waals surface area contributed by atoms with Crippen molar-refractivity contribution < 1.29 is 14.3 Å². The summed E-state index contributed by atoms with van der Waals surface area (Å²) in [4.78, 5) is 24.1. The molecule has 2 aromatic heterocycles. The first-order chi connectivity index (χ1) is 13.5. The van der Waals surface area contributed by atoms with E-state index in [1.807, 2.05) is 18.2 Å². The number of carbonyl (C=O) groups excluding carboxylic acids is 1. The van der Waals surface area contributed by atoms with Crippen molar-refractivity contribution in [1.29, 1.82) is 0 Å². The van der Waals surface area contributed by atoms with Crippen molar-refractivity contribution in [3.8, 4) is 0 Å². The fourth-order valence-electron chi connectivity index (χ4n) is 2.81. The zero-order valence-electron chi connectivity index (χ0n) is 14.4. The topological polar surface area (TPSA) is 90.9 Å². The zero-order chi connectivity index (χ0) is 19.7. The number of fused-ring (bicyclic) bond motifs is 1. The number of rotatable bonds is 4. The van der Waals surface area contributed by atoms with Crippen molar-refractivity contribution in [2.24, 2.45) is 0 Å². The van der Waals surface area contributed by atoms with Gasteiger partial charge in [0.15, 0.2) is 5.65 Å². The lowest BCUT2D eigenvalue weighted by molar-refractivity contribution is 0.102. The van der Waals surface area contributed by atoms with Gasteiger partial charge >= 0.3 is 0 Å². The molecular weight excluding hydrogens is 383 g/mol. The third-order valence-electron chi connectivity index (χ3n) is 4.21. The number of amides is 1. The third-order valence-corrected chi connectivity index (χ3v) is 4.50. The van der Waals surface area contributed by atoms with E-state index in [1.54, 1.807) is 12.1 Å². The summed E-state index contributed by atoms with van der Waals surface area (Å²) < 4.78 is 13.3. The number of aliphatic hydroxyl groups excluding tert-OH is 1. The second kappa shape index (κ2) is 7.38. The van der Waals surface area contributed by atoms with Crippen molar-refractivity contribution in [2.45, 2.75) is 6.10 Å². The lowest BCUT2D eigenvalue weighted by atomic mass is 10.1. The van der Waals surface area contributed by atoms with Crippen LogP contribution in [0.3, 0.4) is 0 Å². The molecule has 4 rings (SSSR count). The molecule has 2 heterocycles. The molecule has 2 aromatic carbocycles. The van der Waals surface area contributed by atoms with Crippen LogP contribution in [-0.2, 0) is 0 Å². The normalized spacial score (nSPS) is 12.1. The van der Waals surface area contributed by atoms with Gasteiger partial charge in [-0.15, -0.1) is 0 Å². The summed E-state index contributed by atoms with van der Waals surface area (Å²) in [5.74, 6) is -0.739. The van der Waals surface area contributed by atoms with Gasteiger partial charge < -0.3 is 15.4 Å². The summed E-state index contributed by atoms with van der Waals surface area (Å²) in [6.07, 6.45) is 0.469. The second-order valence-electron chi connectivity index (χ2n) is 6.08. The first-order valence-electron chi connectivity index (χ1n) is 8.37. The highest BCUT2D eigenvalue weighted by molar-refractivity contribution is 6.31. The van der Waals surface area contributed by atoms with Crippen molar-refractivity contribution in [3.05, 3.63) is 88.6 Å². The number of aromatic amines is 1. The van der Waals surface area contributed by atoms with Gasteiger partial charge in [-0.3, -0.25) is 4.79 Å². The molecule has 0 aliphatic rings. The van der Waals surface area contributed by atoms with Gasteiger partial charge in [0.1, 0.15) is 17.7 Å². The Labute approximate surface area is 164 Å². The van der Waals surface area contributed by atoms with Crippen LogP contribution in [0.1, 0.15) is 27.8 Å². The number of pyridine rings is 1. The summed E-state index contributed by atoms with van der Waals surface area (Å²) in [7, 11) is 0. The van der Waals surface area contributed by atoms with Crippen molar-refractivity contribution in [3.63, 3.8) is 0 Å². The van der Waals surface area contributed by atoms with E-state index in [0.717, 1.165) is 0 Å². The van der Waals surface area contributed by atoms with Crippen molar-refractivity contribution in [1.82, 2.24) is 15.0 Å². The number of hydrogen-bond donors (Lipinski definition) is 3. The molecule has 1 amide bonds. The summed E-state index contributed by atoms with van der Waals surface area (Å²) in [6.45, 7) is 0. The summed E-state index contributed by atoms with van der Waals surface area (Å²) in [5.41, 5.74) is 1.98. The van der Waals surface area contributed by atoms with Crippen molar-refractivity contribution in [2.75, 3.05) is 5.32 Å². The molecule has 6 nitrogen and oxygen atoms in total. The van der Waals surface area contributed by atoms with Gasteiger partial charge in [-0.1, -0.05) is 41.9 Å². The van der Waals surface area contributed by atoms with E-state index >= 15 is 0 Å². The Morgan fingerprint density at radius 2 is 1.96 bits per heavy atom. The number of nitrogens with zero attached hydrogens (tertiary/aromatic N) is 2. The van der Waals surface area contributed by atoms with Gasteiger partial charge in [0.25, 0.3) is 5.91 Å². The van der Waals surface area contributed by atoms with Gasteiger partial charge in [-0.05, 0) is 29.8 Å². The lowest BCUT2D eigenvalue weighted by Gasteiger charge is -2.07. The summed E-state index contributed by atoms with van der Waals surface area (Å²) in [5, 5.41) is 13.1. The van der Waals surface area contributed by atoms with Gasteiger partial charge in [0.2, 0.25) is 0 Å². The lowest BCUT2D eigenvalue weighted by Crippen LogP contribution is -2.12. The molecule has 1 atom stereocenters. The van der Waals surface area contributed by atoms with Crippen LogP contribution >= 0.6 is 11.6 Å². The number of anilines is 1. The fourth-order valence-corrected chi connectivity index (χ4v) is 2.99. The molecule has 1 unspecified atom stereocenters. The largest absolute Gasteiger partial charge is 0.380 e. The monoisotopic (exact) mass is 396 g/mol. The zero-order valence-corrected chi connectivity index (χ0v) is 15.1. The number of aliphatic hydroxyl groups is 1. The molecule has 3 N–H and O–H groups in total. The number of nitrogens with one attached hydrogen (secondary N) is 2. The number of hydrogen-bond acceptors (Lipinski definition) is 4. The average molecular weight is 397 g/mol. The summed E-state index contributed by atoms with van der Waals surface area (Å²) in [6, 6.07) is 14.5. The van der Waals surface area contributed by atoms with E-state index in [0.29, 0.717) is 22.4 Å². The fraction of sp³-hybridized carbons (Fsp3) is 0.0500. The van der Waals surface area contributed by atoms with Crippen molar-refractivity contribution >= 4 is 34.4 Å². The van der Waals surface area contributed by atoms with Gasteiger partial charge in [0.05, 0.1) is 16.1 Å². The van der Waals surface area contributed by atoms with E-state index in [-0.39, 0.29) is 16.4 Å². The highest BCUT2D eigenvalue weighted by Gasteiger charge is 2.19. The Hall–Kier alpha value is -3.29. The molecule has 0 spiro atoms. The third kappa shape index (κ3) is 3.45. The van der Waals surface area contributed by atoms with Crippen LogP contribution in [0, 0.1) is 5.82 Å². The molecule has 0 aliphatic heterocycles. The highest BCUT2D eigenvalue weighted by atomic mass is 35.5. The molecule has 0 aliphatic carbocycles. The quantitative estimate of drug-likeness (QED) is 0.484. The molecule has 0 radical (unpaired) electrons. The number of benzene rings is 2. The van der Waals surface area contributed by atoms with Gasteiger partial charge in [-0.25, -0.2) is 14.4 Å². The van der Waals surface area contributed by atoms with Crippen LogP contribution in [0.25, 0.3) is 11.2 Å². The van der Waals surface area contributed by atoms with E-state index < -0.39 is 17.8 Å². The Bertz CT molecular complexity index is 1160. The maximum absolute atomic E-state index is 13.3. The first kappa shape index (κ1) is 18.1. The predicted molar refractivity (Wildman–Crippen MR) is 104 cm³/mol. The van der Waals surface area contributed by atoms with Crippen LogP contribution in [0.4, 0.5) is 10.1 Å². The minimum atomic E-state index is -0.984. The minimum Gasteiger partial charge on any atom is -0.380 e. The van der Waals surface area contributed by atoms with E-state index in [1.165, 1.54) is 30.5 Å². The summed E-state index contributed by atoms with van der Waals surface area (Å²) >= 11 is 5.75. The highest BCUT2D eigenvalue weighted by Crippen LogP contribution is 2.24. The number of halogens is 2. The van der Waals surface area contributed by atoms with E-state index in [2.05, 4.69) is 20.3 Å². The Kier molecular flexibility index (Phi) is 4.77. The number of carbonyl (C=O) groups is 1. The van der Waals surface area contributed by atoms with Crippen LogP contribution in [-0.4, -0.2) is 26.0 Å². The Balaban J connectivity index is 1.67. The van der Waals surface area contributed by atoms with Crippen LogP contribution in [0.5, 0.6) is 0 Å². The van der Waals surface area contributed by atoms with Gasteiger partial charge in [-0.2, -0.15) is 0 Å². The SMILES string of the molecule is O=C(Nc1ccc(F)c(Cl)c1)c1ccnc2nc(C(O)c3ccccc3)[nH]c12. The molecule has 4 aromatic rings. The van der Waals surface area contributed by atoms with Crippen LogP contribution in [0.15, 0.2) is 60.8 Å². The molecule has 0 fully saturated rings. The number of imidazole rings is 1. The first-order valence-corrected chi connectivity index (χ1v) is 8.75. The maximum Gasteiger partial charge on any atom is 0.257 e. The molecule has 28 heavy (non-hydrogen) atoms. The Morgan fingerprint density at radius 3 is 2.71 bits per heavy atom. The predicted octanol–water partition coefficient (Wildman–Crippen LogP) is 4.08. The number of aromatic nitrogens is 3. The van der Waals surface area contributed by atoms with Crippen LogP contribution in [0.2, 0.25) is 5.02 Å². The number of H-pyrrole nitrogens is 1. The van der Waals surface area contributed by atoms with Crippen LogP contribution < -0.4 is 5.32 Å². The standard InChI is InChI=1S/C20H14ClFN4O2/c21-14-10-12(6-7-15(14)22)24-20(28)13-8-9-23-18-16(13)25-19(26-18)17(27)11-4-2-1-3-5-11/h1-10,17,27H,(H,24,28)(H,23,25,26). The van der Waals surface area contributed by atoms with Gasteiger partial charge in [0, 0.05) is 11.9 Å². The Morgan fingerprint density at radius 1 is 1.18 bits per heavy atom. The van der Waals surface area contributed by atoms with E-state index in [9.17, 15) is 14.3 Å². The maximum atomic E-state index is 13.3. The molecule has 140 valence electrons. The minimum absolute atomic E-state index is 0.0903.